The van der Waals surface area contributed by atoms with Crippen LogP contribution in [0.5, 0.6) is 0 Å². The number of pyridine rings is 2. The van der Waals surface area contributed by atoms with Crippen molar-refractivity contribution in [2.75, 3.05) is 31.1 Å². The highest BCUT2D eigenvalue weighted by molar-refractivity contribution is 5.81. The van der Waals surface area contributed by atoms with Gasteiger partial charge in [-0.2, -0.15) is 5.10 Å². The van der Waals surface area contributed by atoms with E-state index < -0.39 is 0 Å². The lowest BCUT2D eigenvalue weighted by atomic mass is 9.89. The Morgan fingerprint density at radius 1 is 1.13 bits per heavy atom. The molecule has 0 radical (unpaired) electrons. The zero-order valence-corrected chi connectivity index (χ0v) is 17.9. The third kappa shape index (κ3) is 4.17. The second kappa shape index (κ2) is 8.49. The molecule has 160 valence electrons. The van der Waals surface area contributed by atoms with E-state index in [0.717, 1.165) is 54.3 Å². The highest BCUT2D eigenvalue weighted by Crippen LogP contribution is 2.29. The number of aromatic nitrogens is 4. The van der Waals surface area contributed by atoms with Gasteiger partial charge in [0.25, 0.3) is 0 Å². The van der Waals surface area contributed by atoms with Crippen LogP contribution in [0.15, 0.2) is 48.9 Å². The predicted molar refractivity (Wildman–Crippen MR) is 122 cm³/mol. The van der Waals surface area contributed by atoms with E-state index in [2.05, 4.69) is 46.2 Å². The standard InChI is InChI=1S/C24H28N6O/c1-18-4-6-19(7-5-18)22-9-8-20-15-26-30(24(20)27-22)17-23(31)29-13-11-28(12-14-29)21-3-2-10-25-16-21/h2-3,6,8-10,15-16,18H,4-5,7,11-14,17H2,1H3. The van der Waals surface area contributed by atoms with Crippen molar-refractivity contribution in [2.24, 2.45) is 5.92 Å². The number of rotatable bonds is 4. The van der Waals surface area contributed by atoms with E-state index >= 15 is 0 Å². The lowest BCUT2D eigenvalue weighted by molar-refractivity contribution is -0.132. The molecule has 31 heavy (non-hydrogen) atoms. The molecule has 1 fully saturated rings. The van der Waals surface area contributed by atoms with Crippen LogP contribution in [0, 0.1) is 5.92 Å². The van der Waals surface area contributed by atoms with Gasteiger partial charge in [-0.1, -0.05) is 13.0 Å². The molecule has 7 heteroatoms. The number of carbonyl (C=O) groups excluding carboxylic acids is 1. The van der Waals surface area contributed by atoms with Gasteiger partial charge < -0.3 is 9.80 Å². The first kappa shape index (κ1) is 19.7. The summed E-state index contributed by atoms with van der Waals surface area (Å²) in [5.74, 6) is 0.836. The van der Waals surface area contributed by atoms with E-state index in [1.54, 1.807) is 17.1 Å². The zero-order chi connectivity index (χ0) is 21.2. The third-order valence-electron chi connectivity index (χ3n) is 6.42. The lowest BCUT2D eigenvalue weighted by Gasteiger charge is -2.35. The number of nitrogens with zero attached hydrogens (tertiary/aromatic N) is 6. The Kier molecular flexibility index (Phi) is 5.40. The first-order valence-corrected chi connectivity index (χ1v) is 11.1. The number of amides is 1. The summed E-state index contributed by atoms with van der Waals surface area (Å²) in [5, 5.41) is 5.43. The zero-order valence-electron chi connectivity index (χ0n) is 17.9. The summed E-state index contributed by atoms with van der Waals surface area (Å²) < 4.78 is 1.75. The molecule has 0 aromatic carbocycles. The summed E-state index contributed by atoms with van der Waals surface area (Å²) >= 11 is 0. The van der Waals surface area contributed by atoms with Gasteiger partial charge in [0, 0.05) is 37.8 Å². The topological polar surface area (TPSA) is 67.2 Å². The van der Waals surface area contributed by atoms with Crippen molar-refractivity contribution in [3.05, 3.63) is 54.6 Å². The minimum Gasteiger partial charge on any atom is -0.367 e. The Hall–Kier alpha value is -3.22. The molecule has 1 atom stereocenters. The van der Waals surface area contributed by atoms with E-state index in [9.17, 15) is 4.79 Å². The fourth-order valence-electron chi connectivity index (χ4n) is 4.43. The summed E-state index contributed by atoms with van der Waals surface area (Å²) in [4.78, 5) is 26.2. The summed E-state index contributed by atoms with van der Waals surface area (Å²) in [6, 6.07) is 8.15. The summed E-state index contributed by atoms with van der Waals surface area (Å²) in [6.45, 7) is 5.55. The number of hydrogen-bond donors (Lipinski definition) is 0. The van der Waals surface area contributed by atoms with Crippen LogP contribution < -0.4 is 4.90 Å². The molecule has 5 rings (SSSR count). The second-order valence-electron chi connectivity index (χ2n) is 8.60. The number of piperazine rings is 1. The molecule has 0 saturated carbocycles. The Morgan fingerprint density at radius 3 is 2.74 bits per heavy atom. The largest absolute Gasteiger partial charge is 0.367 e. The van der Waals surface area contributed by atoms with Crippen LogP contribution in [0.1, 0.15) is 31.9 Å². The van der Waals surface area contributed by atoms with E-state index in [4.69, 9.17) is 4.98 Å². The predicted octanol–water partition coefficient (Wildman–Crippen LogP) is 3.38. The molecule has 2 aliphatic rings. The monoisotopic (exact) mass is 416 g/mol. The van der Waals surface area contributed by atoms with Crippen molar-refractivity contribution >= 4 is 28.2 Å². The van der Waals surface area contributed by atoms with Crippen LogP contribution in [0.3, 0.4) is 0 Å². The van der Waals surface area contributed by atoms with Gasteiger partial charge in [-0.05, 0) is 55.0 Å². The van der Waals surface area contributed by atoms with Gasteiger partial charge in [-0.25, -0.2) is 9.67 Å². The molecule has 7 nitrogen and oxygen atoms in total. The molecule has 0 spiro atoms. The number of anilines is 1. The van der Waals surface area contributed by atoms with Gasteiger partial charge >= 0.3 is 0 Å². The summed E-state index contributed by atoms with van der Waals surface area (Å²) in [6.07, 6.45) is 11.1. The van der Waals surface area contributed by atoms with Crippen LogP contribution >= 0.6 is 0 Å². The summed E-state index contributed by atoms with van der Waals surface area (Å²) in [5.41, 5.74) is 4.22. The highest BCUT2D eigenvalue weighted by Gasteiger charge is 2.22. The maximum atomic E-state index is 13.0. The minimum absolute atomic E-state index is 0.0914. The Bertz CT molecular complexity index is 1100. The van der Waals surface area contributed by atoms with Crippen LogP contribution in [0.4, 0.5) is 5.69 Å². The number of carbonyl (C=O) groups is 1. The van der Waals surface area contributed by atoms with Crippen molar-refractivity contribution in [3.8, 4) is 0 Å². The average Bonchev–Trinajstić information content (AvgIpc) is 3.22. The van der Waals surface area contributed by atoms with Crippen molar-refractivity contribution in [2.45, 2.75) is 32.7 Å². The van der Waals surface area contributed by atoms with E-state index in [1.165, 1.54) is 12.0 Å². The van der Waals surface area contributed by atoms with Gasteiger partial charge in [-0.15, -0.1) is 0 Å². The van der Waals surface area contributed by atoms with Crippen molar-refractivity contribution in [1.29, 1.82) is 0 Å². The van der Waals surface area contributed by atoms with E-state index in [0.29, 0.717) is 13.1 Å². The highest BCUT2D eigenvalue weighted by atomic mass is 16.2. The van der Waals surface area contributed by atoms with E-state index in [-0.39, 0.29) is 12.5 Å². The molecule has 1 amide bonds. The van der Waals surface area contributed by atoms with Crippen molar-refractivity contribution < 1.29 is 4.79 Å². The van der Waals surface area contributed by atoms with Crippen molar-refractivity contribution in [1.82, 2.24) is 24.6 Å². The summed E-state index contributed by atoms with van der Waals surface area (Å²) in [7, 11) is 0. The molecular weight excluding hydrogens is 388 g/mol. The maximum absolute atomic E-state index is 13.0. The van der Waals surface area contributed by atoms with Gasteiger partial charge in [0.05, 0.1) is 23.8 Å². The average molecular weight is 417 g/mol. The van der Waals surface area contributed by atoms with E-state index in [1.807, 2.05) is 17.2 Å². The number of allylic oxidation sites excluding steroid dienone is 2. The number of hydrogen-bond acceptors (Lipinski definition) is 5. The first-order valence-electron chi connectivity index (χ1n) is 11.1. The molecule has 1 unspecified atom stereocenters. The molecule has 3 aromatic rings. The number of fused-ring (bicyclic) bond motifs is 1. The van der Waals surface area contributed by atoms with Gasteiger partial charge in [-0.3, -0.25) is 9.78 Å². The molecular formula is C24H28N6O. The smallest absolute Gasteiger partial charge is 0.244 e. The first-order chi connectivity index (χ1) is 15.2. The van der Waals surface area contributed by atoms with Crippen LogP contribution in [0.2, 0.25) is 0 Å². The normalized spacial score (nSPS) is 19.5. The quantitative estimate of drug-likeness (QED) is 0.652. The molecule has 3 aromatic heterocycles. The molecule has 4 heterocycles. The molecule has 1 aliphatic carbocycles. The van der Waals surface area contributed by atoms with Crippen molar-refractivity contribution in [3.63, 3.8) is 0 Å². The molecule has 0 bridgehead atoms. The third-order valence-corrected chi connectivity index (χ3v) is 6.42. The molecule has 1 saturated heterocycles. The van der Waals surface area contributed by atoms with Crippen LogP contribution in [-0.4, -0.2) is 56.7 Å². The SMILES string of the molecule is CC1CC=C(c2ccc3cnn(CC(=O)N4CCN(c5cccnc5)CC4)c3n2)CC1. The lowest BCUT2D eigenvalue weighted by Crippen LogP contribution is -2.49. The van der Waals surface area contributed by atoms with Gasteiger partial charge in [0.15, 0.2) is 5.65 Å². The van der Waals surface area contributed by atoms with Crippen LogP contribution in [-0.2, 0) is 11.3 Å². The molecule has 0 N–H and O–H groups in total. The maximum Gasteiger partial charge on any atom is 0.244 e. The minimum atomic E-state index is 0.0914. The fourth-order valence-corrected chi connectivity index (χ4v) is 4.43. The Labute approximate surface area is 182 Å². The Balaban J connectivity index is 1.27. The van der Waals surface area contributed by atoms with Crippen LogP contribution in [0.25, 0.3) is 16.6 Å². The Morgan fingerprint density at radius 2 is 2.00 bits per heavy atom. The van der Waals surface area contributed by atoms with Gasteiger partial charge in [0.1, 0.15) is 6.54 Å². The van der Waals surface area contributed by atoms with Gasteiger partial charge in [0.2, 0.25) is 5.91 Å². The fraction of sp³-hybridized carbons (Fsp3) is 0.417. The second-order valence-corrected chi connectivity index (χ2v) is 8.60. The molecule has 1 aliphatic heterocycles.